The molecule has 30 heavy (non-hydrogen) atoms. The van der Waals surface area contributed by atoms with Gasteiger partial charge in [0.1, 0.15) is 12.4 Å². The molecule has 4 rings (SSSR count). The lowest BCUT2D eigenvalue weighted by Gasteiger charge is -2.27. The molecule has 0 unspecified atom stereocenters. The number of aryl methyl sites for hydroxylation is 1. The highest BCUT2D eigenvalue weighted by Gasteiger charge is 2.21. The molecule has 0 bridgehead atoms. The van der Waals surface area contributed by atoms with Gasteiger partial charge < -0.3 is 9.47 Å². The molecule has 0 atom stereocenters. The van der Waals surface area contributed by atoms with Gasteiger partial charge in [-0.1, -0.05) is 66.2 Å². The second-order valence-corrected chi connectivity index (χ2v) is 7.98. The van der Waals surface area contributed by atoms with Crippen LogP contribution in [0.25, 0.3) is 22.4 Å². The third-order valence-corrected chi connectivity index (χ3v) is 5.36. The fourth-order valence-electron chi connectivity index (χ4n) is 3.81. The van der Waals surface area contributed by atoms with Crippen LogP contribution in [0, 0.1) is 6.92 Å². The van der Waals surface area contributed by atoms with Crippen molar-refractivity contribution in [1.29, 1.82) is 0 Å². The van der Waals surface area contributed by atoms with Crippen molar-refractivity contribution in [3.8, 4) is 11.4 Å². The topological polar surface area (TPSA) is 38.1 Å². The fourth-order valence-corrected chi connectivity index (χ4v) is 3.81. The van der Waals surface area contributed by atoms with Crippen molar-refractivity contribution in [2.45, 2.75) is 39.9 Å². The Morgan fingerprint density at radius 2 is 1.70 bits per heavy atom. The summed E-state index contributed by atoms with van der Waals surface area (Å²) in [5.41, 5.74) is 5.21. The highest BCUT2D eigenvalue weighted by Crippen LogP contribution is 2.26. The third-order valence-electron chi connectivity index (χ3n) is 5.36. The molecule has 0 aliphatic carbocycles. The molecule has 0 aliphatic heterocycles. The molecular formula is C26H27N3O. The van der Waals surface area contributed by atoms with E-state index in [9.17, 15) is 4.79 Å². The van der Waals surface area contributed by atoms with Crippen LogP contribution in [0.15, 0.2) is 78.9 Å². The van der Waals surface area contributed by atoms with Crippen molar-refractivity contribution in [3.05, 3.63) is 90.0 Å². The zero-order valence-corrected chi connectivity index (χ0v) is 17.7. The maximum absolute atomic E-state index is 13.4. The normalized spacial score (nSPS) is 11.2. The van der Waals surface area contributed by atoms with Gasteiger partial charge in [0.05, 0.1) is 11.0 Å². The minimum atomic E-state index is 0.0888. The molecule has 4 nitrogen and oxygen atoms in total. The number of aromatic nitrogens is 2. The third kappa shape index (κ3) is 4.13. The number of fused-ring (bicyclic) bond motifs is 1. The zero-order valence-electron chi connectivity index (χ0n) is 17.7. The monoisotopic (exact) mass is 397 g/mol. The van der Waals surface area contributed by atoms with Crippen LogP contribution in [-0.2, 0) is 17.9 Å². The van der Waals surface area contributed by atoms with E-state index in [1.165, 1.54) is 5.56 Å². The summed E-state index contributed by atoms with van der Waals surface area (Å²) in [5, 5.41) is 0. The maximum atomic E-state index is 13.4. The van der Waals surface area contributed by atoms with E-state index in [-0.39, 0.29) is 18.5 Å². The smallest absolute Gasteiger partial charge is 0.243 e. The van der Waals surface area contributed by atoms with E-state index < -0.39 is 0 Å². The van der Waals surface area contributed by atoms with Gasteiger partial charge in [-0.2, -0.15) is 0 Å². The van der Waals surface area contributed by atoms with E-state index in [0.29, 0.717) is 6.54 Å². The van der Waals surface area contributed by atoms with E-state index >= 15 is 0 Å². The van der Waals surface area contributed by atoms with Crippen LogP contribution in [0.1, 0.15) is 25.0 Å². The molecule has 0 aliphatic rings. The average molecular weight is 398 g/mol. The first-order valence-electron chi connectivity index (χ1n) is 10.4. The predicted molar refractivity (Wildman–Crippen MR) is 122 cm³/mol. The molecule has 152 valence electrons. The van der Waals surface area contributed by atoms with E-state index in [1.54, 1.807) is 0 Å². The summed E-state index contributed by atoms with van der Waals surface area (Å²) in [6.07, 6.45) is 0. The van der Waals surface area contributed by atoms with E-state index in [4.69, 9.17) is 4.98 Å². The van der Waals surface area contributed by atoms with Crippen LogP contribution in [0.3, 0.4) is 0 Å². The number of rotatable bonds is 6. The number of hydrogen-bond acceptors (Lipinski definition) is 2. The quantitative estimate of drug-likeness (QED) is 0.434. The summed E-state index contributed by atoms with van der Waals surface area (Å²) < 4.78 is 2.05. The Bertz CT molecular complexity index is 1160. The lowest BCUT2D eigenvalue weighted by atomic mass is 10.1. The summed E-state index contributed by atoms with van der Waals surface area (Å²) in [7, 11) is 0. The molecule has 1 heterocycles. The summed E-state index contributed by atoms with van der Waals surface area (Å²) >= 11 is 0. The summed E-state index contributed by atoms with van der Waals surface area (Å²) in [6.45, 7) is 7.06. The number of carbonyl (C=O) groups is 1. The minimum Gasteiger partial charge on any atom is -0.334 e. The lowest BCUT2D eigenvalue weighted by molar-refractivity contribution is -0.134. The molecule has 1 aromatic heterocycles. The van der Waals surface area contributed by atoms with Crippen LogP contribution in [0.5, 0.6) is 0 Å². The van der Waals surface area contributed by atoms with Crippen molar-refractivity contribution >= 4 is 16.9 Å². The fraction of sp³-hybridized carbons (Fsp3) is 0.231. The molecule has 0 saturated carbocycles. The molecular weight excluding hydrogens is 370 g/mol. The summed E-state index contributed by atoms with van der Waals surface area (Å²) in [4.78, 5) is 20.2. The number of benzene rings is 3. The molecule has 4 heteroatoms. The molecule has 4 aromatic rings. The first-order valence-corrected chi connectivity index (χ1v) is 10.4. The average Bonchev–Trinajstić information content (AvgIpc) is 3.11. The molecule has 0 saturated heterocycles. The van der Waals surface area contributed by atoms with Crippen molar-refractivity contribution in [1.82, 2.24) is 14.5 Å². The Kier molecular flexibility index (Phi) is 5.66. The van der Waals surface area contributed by atoms with Crippen LogP contribution in [0.2, 0.25) is 0 Å². The van der Waals surface area contributed by atoms with Crippen LogP contribution >= 0.6 is 0 Å². The van der Waals surface area contributed by atoms with Gasteiger partial charge in [-0.3, -0.25) is 4.79 Å². The largest absolute Gasteiger partial charge is 0.334 e. The van der Waals surface area contributed by atoms with Crippen molar-refractivity contribution in [2.24, 2.45) is 0 Å². The van der Waals surface area contributed by atoms with E-state index in [1.807, 2.05) is 58.0 Å². The predicted octanol–water partition coefficient (Wildman–Crippen LogP) is 5.45. The van der Waals surface area contributed by atoms with Gasteiger partial charge in [-0.25, -0.2) is 4.98 Å². The van der Waals surface area contributed by atoms with E-state index in [2.05, 4.69) is 51.1 Å². The molecule has 0 N–H and O–H groups in total. The van der Waals surface area contributed by atoms with Crippen LogP contribution in [-0.4, -0.2) is 26.4 Å². The second-order valence-electron chi connectivity index (χ2n) is 7.98. The molecule has 0 spiro atoms. The van der Waals surface area contributed by atoms with E-state index in [0.717, 1.165) is 28.0 Å². The SMILES string of the molecule is Cc1cccc(-c2nc3ccccc3n2CC(=O)N(Cc2ccccc2)C(C)C)c1. The van der Waals surface area contributed by atoms with Crippen LogP contribution in [0.4, 0.5) is 0 Å². The van der Waals surface area contributed by atoms with Gasteiger partial charge in [-0.15, -0.1) is 0 Å². The first-order chi connectivity index (χ1) is 14.5. The Labute approximate surface area is 177 Å². The molecule has 0 fully saturated rings. The maximum Gasteiger partial charge on any atom is 0.243 e. The van der Waals surface area contributed by atoms with Crippen molar-refractivity contribution in [3.63, 3.8) is 0 Å². The summed E-state index contributed by atoms with van der Waals surface area (Å²) in [5.74, 6) is 0.919. The summed E-state index contributed by atoms with van der Waals surface area (Å²) in [6, 6.07) is 26.5. The van der Waals surface area contributed by atoms with Crippen molar-refractivity contribution < 1.29 is 4.79 Å². The second kappa shape index (κ2) is 8.54. The number of hydrogen-bond donors (Lipinski definition) is 0. The molecule has 3 aromatic carbocycles. The Hall–Kier alpha value is -3.40. The van der Waals surface area contributed by atoms with Gasteiger partial charge in [-0.05, 0) is 44.5 Å². The van der Waals surface area contributed by atoms with Gasteiger partial charge in [0.25, 0.3) is 0 Å². The highest BCUT2D eigenvalue weighted by molar-refractivity contribution is 5.84. The number of nitrogens with zero attached hydrogens (tertiary/aromatic N) is 3. The number of carbonyl (C=O) groups excluding carboxylic acids is 1. The van der Waals surface area contributed by atoms with Gasteiger partial charge in [0.15, 0.2) is 0 Å². The van der Waals surface area contributed by atoms with Crippen LogP contribution < -0.4 is 0 Å². The first kappa shape index (κ1) is 19.9. The Morgan fingerprint density at radius 3 is 2.43 bits per heavy atom. The highest BCUT2D eigenvalue weighted by atomic mass is 16.2. The number of amides is 1. The Balaban J connectivity index is 1.71. The number of imidazole rings is 1. The molecule has 1 amide bonds. The van der Waals surface area contributed by atoms with Gasteiger partial charge in [0.2, 0.25) is 5.91 Å². The minimum absolute atomic E-state index is 0.0888. The molecule has 0 radical (unpaired) electrons. The standard InChI is InChI=1S/C26H27N3O/c1-19(2)28(17-21-11-5-4-6-12-21)25(30)18-29-24-15-8-7-14-23(24)27-26(29)22-13-9-10-20(3)16-22/h4-16,19H,17-18H2,1-3H3. The van der Waals surface area contributed by atoms with Crippen molar-refractivity contribution in [2.75, 3.05) is 0 Å². The van der Waals surface area contributed by atoms with Gasteiger partial charge >= 0.3 is 0 Å². The Morgan fingerprint density at radius 1 is 0.967 bits per heavy atom. The van der Waals surface area contributed by atoms with Gasteiger partial charge in [0, 0.05) is 18.2 Å². The number of para-hydroxylation sites is 2. The lowest BCUT2D eigenvalue weighted by Crippen LogP contribution is -2.38. The zero-order chi connectivity index (χ0) is 21.1.